The number of benzene rings is 1. The van der Waals surface area contributed by atoms with E-state index in [2.05, 4.69) is 10.5 Å². The van der Waals surface area contributed by atoms with Crippen LogP contribution in [0.15, 0.2) is 41.5 Å². The van der Waals surface area contributed by atoms with E-state index < -0.39 is 10.8 Å². The Bertz CT molecular complexity index is 722. The summed E-state index contributed by atoms with van der Waals surface area (Å²) in [6.07, 6.45) is 0. The number of nitro groups is 1. The highest BCUT2D eigenvalue weighted by molar-refractivity contribution is 7.14. The van der Waals surface area contributed by atoms with Crippen molar-refractivity contribution in [2.24, 2.45) is 5.10 Å². The van der Waals surface area contributed by atoms with Gasteiger partial charge in [-0.15, -0.1) is 11.3 Å². The van der Waals surface area contributed by atoms with Crippen molar-refractivity contribution in [2.75, 3.05) is 0 Å². The standard InChI is InChI=1S/C14H13N3O3S/c1-9-6-7-13(21-9)10(2)15-16-14(18)11-4-3-5-12(8-11)17(19)20/h3-8H,1-2H3,(H,16,18)/b15-10+. The number of thiophene rings is 1. The van der Waals surface area contributed by atoms with E-state index >= 15 is 0 Å². The molecule has 0 aliphatic heterocycles. The Labute approximate surface area is 125 Å². The predicted octanol–water partition coefficient (Wildman–Crippen LogP) is 3.12. The minimum Gasteiger partial charge on any atom is -0.267 e. The zero-order valence-corrected chi connectivity index (χ0v) is 12.3. The molecule has 0 radical (unpaired) electrons. The SMILES string of the molecule is C/C(=N\NC(=O)c1cccc([N+](=O)[O-])c1)c1ccc(C)s1. The first-order valence-electron chi connectivity index (χ1n) is 6.13. The number of carbonyl (C=O) groups is 1. The monoisotopic (exact) mass is 303 g/mol. The van der Waals surface area contributed by atoms with Crippen LogP contribution in [0.5, 0.6) is 0 Å². The highest BCUT2D eigenvalue weighted by Gasteiger charge is 2.11. The van der Waals surface area contributed by atoms with E-state index in [1.807, 2.05) is 19.1 Å². The Morgan fingerprint density at radius 2 is 2.10 bits per heavy atom. The molecule has 1 aromatic heterocycles. The van der Waals surface area contributed by atoms with Gasteiger partial charge in [0.15, 0.2) is 0 Å². The molecule has 1 amide bonds. The first-order chi connectivity index (χ1) is 9.97. The summed E-state index contributed by atoms with van der Waals surface area (Å²) in [5.74, 6) is -0.480. The van der Waals surface area contributed by atoms with Crippen LogP contribution in [0.25, 0.3) is 0 Å². The first-order valence-corrected chi connectivity index (χ1v) is 6.95. The van der Waals surface area contributed by atoms with Crippen molar-refractivity contribution in [3.63, 3.8) is 0 Å². The Morgan fingerprint density at radius 1 is 1.33 bits per heavy atom. The third-order valence-electron chi connectivity index (χ3n) is 2.74. The highest BCUT2D eigenvalue weighted by Crippen LogP contribution is 2.16. The number of carbonyl (C=O) groups excluding carboxylic acids is 1. The number of non-ortho nitro benzene ring substituents is 1. The van der Waals surface area contributed by atoms with Gasteiger partial charge < -0.3 is 0 Å². The number of rotatable bonds is 4. The summed E-state index contributed by atoms with van der Waals surface area (Å²) in [5.41, 5.74) is 3.16. The number of hydrogen-bond acceptors (Lipinski definition) is 5. The summed E-state index contributed by atoms with van der Waals surface area (Å²) in [5, 5.41) is 14.7. The molecule has 1 aromatic carbocycles. The lowest BCUT2D eigenvalue weighted by Crippen LogP contribution is -2.19. The summed E-state index contributed by atoms with van der Waals surface area (Å²) in [7, 11) is 0. The number of hydrogen-bond donors (Lipinski definition) is 1. The van der Waals surface area contributed by atoms with Gasteiger partial charge in [0.2, 0.25) is 0 Å². The van der Waals surface area contributed by atoms with Crippen molar-refractivity contribution in [1.29, 1.82) is 0 Å². The Hall–Kier alpha value is -2.54. The highest BCUT2D eigenvalue weighted by atomic mass is 32.1. The fourth-order valence-corrected chi connectivity index (χ4v) is 2.46. The zero-order chi connectivity index (χ0) is 15.4. The molecule has 2 aromatic rings. The van der Waals surface area contributed by atoms with Crippen molar-refractivity contribution < 1.29 is 9.72 Å². The fraction of sp³-hybridized carbons (Fsp3) is 0.143. The number of nitrogens with one attached hydrogen (secondary N) is 1. The normalized spacial score (nSPS) is 11.2. The average Bonchev–Trinajstić information content (AvgIpc) is 2.91. The van der Waals surface area contributed by atoms with E-state index in [0.29, 0.717) is 5.71 Å². The number of aryl methyl sites for hydroxylation is 1. The molecule has 108 valence electrons. The number of nitrogens with zero attached hydrogens (tertiary/aromatic N) is 2. The molecule has 0 bridgehead atoms. The van der Waals surface area contributed by atoms with Crippen molar-refractivity contribution in [3.8, 4) is 0 Å². The summed E-state index contributed by atoms with van der Waals surface area (Å²) in [6.45, 7) is 3.78. The van der Waals surface area contributed by atoms with E-state index in [1.54, 1.807) is 18.3 Å². The van der Waals surface area contributed by atoms with Gasteiger partial charge in [0.1, 0.15) is 0 Å². The van der Waals surface area contributed by atoms with Crippen LogP contribution in [0.2, 0.25) is 0 Å². The van der Waals surface area contributed by atoms with Crippen molar-refractivity contribution in [2.45, 2.75) is 13.8 Å². The second kappa shape index (κ2) is 6.27. The lowest BCUT2D eigenvalue weighted by molar-refractivity contribution is -0.384. The van der Waals surface area contributed by atoms with E-state index in [4.69, 9.17) is 0 Å². The lowest BCUT2D eigenvalue weighted by Gasteiger charge is -2.01. The molecule has 0 atom stereocenters. The fourth-order valence-electron chi connectivity index (χ4n) is 1.64. The van der Waals surface area contributed by atoms with Gasteiger partial charge in [0.25, 0.3) is 11.6 Å². The van der Waals surface area contributed by atoms with Gasteiger partial charge in [-0.1, -0.05) is 6.07 Å². The van der Waals surface area contributed by atoms with Crippen LogP contribution in [0, 0.1) is 17.0 Å². The minimum absolute atomic E-state index is 0.128. The molecule has 0 fully saturated rings. The molecule has 7 heteroatoms. The molecule has 0 spiro atoms. The summed E-state index contributed by atoms with van der Waals surface area (Å²) in [4.78, 5) is 24.2. The van der Waals surface area contributed by atoms with Crippen molar-refractivity contribution >= 4 is 28.6 Å². The van der Waals surface area contributed by atoms with Gasteiger partial charge in [-0.05, 0) is 32.0 Å². The second-order valence-electron chi connectivity index (χ2n) is 4.36. The van der Waals surface area contributed by atoms with Crippen LogP contribution in [0.1, 0.15) is 27.0 Å². The lowest BCUT2D eigenvalue weighted by atomic mass is 10.2. The van der Waals surface area contributed by atoms with E-state index in [0.717, 1.165) is 9.75 Å². The maximum atomic E-state index is 11.9. The quantitative estimate of drug-likeness (QED) is 0.535. The molecule has 21 heavy (non-hydrogen) atoms. The molecule has 1 N–H and O–H groups in total. The largest absolute Gasteiger partial charge is 0.271 e. The maximum absolute atomic E-state index is 11.9. The third kappa shape index (κ3) is 3.73. The molecule has 6 nitrogen and oxygen atoms in total. The number of amides is 1. The van der Waals surface area contributed by atoms with E-state index in [9.17, 15) is 14.9 Å². The van der Waals surface area contributed by atoms with Crippen molar-refractivity contribution in [3.05, 3.63) is 61.8 Å². The molecule has 1 heterocycles. The van der Waals surface area contributed by atoms with Crippen LogP contribution in [-0.4, -0.2) is 16.5 Å². The molecule has 0 aliphatic rings. The van der Waals surface area contributed by atoms with Crippen LogP contribution in [0.3, 0.4) is 0 Å². The molecule has 0 saturated heterocycles. The maximum Gasteiger partial charge on any atom is 0.271 e. The van der Waals surface area contributed by atoms with Crippen LogP contribution >= 0.6 is 11.3 Å². The summed E-state index contributed by atoms with van der Waals surface area (Å²) in [6, 6.07) is 9.42. The number of nitro benzene ring substituents is 1. The van der Waals surface area contributed by atoms with Gasteiger partial charge in [-0.2, -0.15) is 5.10 Å². The molecule has 2 rings (SSSR count). The van der Waals surface area contributed by atoms with Gasteiger partial charge in [0, 0.05) is 22.6 Å². The minimum atomic E-state index is -0.542. The number of hydrazone groups is 1. The molecular formula is C14H13N3O3S. The second-order valence-corrected chi connectivity index (χ2v) is 5.64. The summed E-state index contributed by atoms with van der Waals surface area (Å²) >= 11 is 1.58. The van der Waals surface area contributed by atoms with Gasteiger partial charge in [-0.3, -0.25) is 14.9 Å². The van der Waals surface area contributed by atoms with Gasteiger partial charge >= 0.3 is 0 Å². The molecule has 0 unspecified atom stereocenters. The van der Waals surface area contributed by atoms with Crippen LogP contribution in [-0.2, 0) is 0 Å². The van der Waals surface area contributed by atoms with Gasteiger partial charge in [0.05, 0.1) is 15.5 Å². The van der Waals surface area contributed by atoms with E-state index in [1.165, 1.54) is 24.3 Å². The Morgan fingerprint density at radius 3 is 2.71 bits per heavy atom. The van der Waals surface area contributed by atoms with E-state index in [-0.39, 0.29) is 11.3 Å². The van der Waals surface area contributed by atoms with Crippen LogP contribution < -0.4 is 5.43 Å². The average molecular weight is 303 g/mol. The third-order valence-corrected chi connectivity index (χ3v) is 3.85. The summed E-state index contributed by atoms with van der Waals surface area (Å²) < 4.78 is 0. The molecule has 0 saturated carbocycles. The molecule has 0 aliphatic carbocycles. The Balaban J connectivity index is 2.11. The topological polar surface area (TPSA) is 84.6 Å². The molecular weight excluding hydrogens is 290 g/mol. The smallest absolute Gasteiger partial charge is 0.267 e. The predicted molar refractivity (Wildman–Crippen MR) is 81.8 cm³/mol. The Kier molecular flexibility index (Phi) is 4.44. The first kappa shape index (κ1) is 14.9. The van der Waals surface area contributed by atoms with Gasteiger partial charge in [-0.25, -0.2) is 5.43 Å². The van der Waals surface area contributed by atoms with Crippen LogP contribution in [0.4, 0.5) is 5.69 Å². The zero-order valence-electron chi connectivity index (χ0n) is 11.5. The van der Waals surface area contributed by atoms with Crippen molar-refractivity contribution in [1.82, 2.24) is 5.43 Å².